The summed E-state index contributed by atoms with van der Waals surface area (Å²) in [6.45, 7) is 8.85. The van der Waals surface area contributed by atoms with Gasteiger partial charge in [0.05, 0.1) is 11.7 Å². The lowest BCUT2D eigenvalue weighted by Gasteiger charge is -2.63. The molecule has 4 aliphatic carbocycles. The molecule has 0 amide bonds. The zero-order valence-electron chi connectivity index (χ0n) is 17.1. The van der Waals surface area contributed by atoms with Crippen LogP contribution < -0.4 is 0 Å². The van der Waals surface area contributed by atoms with Crippen LogP contribution in [0, 0.1) is 46.3 Å². The number of aliphatic hydroxyl groups excluding tert-OH is 1. The number of hydrogen-bond donors (Lipinski definition) is 2. The summed E-state index contributed by atoms with van der Waals surface area (Å²) in [6.07, 6.45) is 9.31. The Morgan fingerprint density at radius 2 is 1.73 bits per heavy atom. The molecule has 0 saturated heterocycles. The van der Waals surface area contributed by atoms with Crippen LogP contribution in [0.1, 0.15) is 79.1 Å². The molecule has 0 spiro atoms. The van der Waals surface area contributed by atoms with Crippen molar-refractivity contribution in [2.45, 2.75) is 90.8 Å². The molecule has 3 nitrogen and oxygen atoms in total. The molecule has 148 valence electrons. The first-order chi connectivity index (χ1) is 12.1. The van der Waals surface area contributed by atoms with Gasteiger partial charge >= 0.3 is 0 Å². The zero-order valence-corrected chi connectivity index (χ0v) is 17.1. The highest BCUT2D eigenvalue weighted by Crippen LogP contribution is 2.68. The van der Waals surface area contributed by atoms with E-state index < -0.39 is 5.60 Å². The van der Waals surface area contributed by atoms with Gasteiger partial charge in [0, 0.05) is 5.92 Å². The van der Waals surface area contributed by atoms with Crippen molar-refractivity contribution in [3.05, 3.63) is 0 Å². The average molecular weight is 363 g/mol. The lowest BCUT2D eigenvalue weighted by molar-refractivity contribution is -0.189. The lowest BCUT2D eigenvalue weighted by atomic mass is 9.43. The van der Waals surface area contributed by atoms with Crippen molar-refractivity contribution in [3.8, 4) is 0 Å². The van der Waals surface area contributed by atoms with E-state index in [1.165, 1.54) is 19.3 Å². The summed E-state index contributed by atoms with van der Waals surface area (Å²) in [5.41, 5.74) is -0.243. The number of carbonyl (C=O) groups excluding carboxylic acids is 1. The van der Waals surface area contributed by atoms with E-state index in [1.807, 2.05) is 6.92 Å². The van der Waals surface area contributed by atoms with E-state index in [0.717, 1.165) is 38.4 Å². The largest absolute Gasteiger partial charge is 0.393 e. The molecule has 0 aromatic rings. The summed E-state index contributed by atoms with van der Waals surface area (Å²) in [5, 5.41) is 22.0. The van der Waals surface area contributed by atoms with Gasteiger partial charge in [-0.1, -0.05) is 20.8 Å². The highest BCUT2D eigenvalue weighted by atomic mass is 16.3. The van der Waals surface area contributed by atoms with Crippen LogP contribution in [0.5, 0.6) is 0 Å². The molecule has 4 fully saturated rings. The van der Waals surface area contributed by atoms with Crippen LogP contribution in [0.2, 0.25) is 0 Å². The molecule has 0 unspecified atom stereocenters. The Morgan fingerprint density at radius 3 is 2.42 bits per heavy atom. The molecule has 0 bridgehead atoms. The summed E-state index contributed by atoms with van der Waals surface area (Å²) < 4.78 is 0. The normalized spacial score (nSPS) is 57.6. The van der Waals surface area contributed by atoms with Gasteiger partial charge in [0.15, 0.2) is 0 Å². The molecule has 0 aromatic heterocycles. The monoisotopic (exact) mass is 362 g/mol. The van der Waals surface area contributed by atoms with Crippen molar-refractivity contribution in [2.75, 3.05) is 0 Å². The van der Waals surface area contributed by atoms with Gasteiger partial charge in [-0.2, -0.15) is 0 Å². The second-order valence-corrected chi connectivity index (χ2v) is 11.2. The maximum atomic E-state index is 11.5. The zero-order chi connectivity index (χ0) is 18.9. The molecular weight excluding hydrogens is 324 g/mol. The smallest absolute Gasteiger partial charge is 0.123 e. The summed E-state index contributed by atoms with van der Waals surface area (Å²) in [5.74, 6) is 2.70. The summed E-state index contributed by atoms with van der Waals surface area (Å²) in [6, 6.07) is 0. The van der Waals surface area contributed by atoms with Gasteiger partial charge in [0.2, 0.25) is 0 Å². The van der Waals surface area contributed by atoms with Crippen LogP contribution in [0.4, 0.5) is 0 Å². The van der Waals surface area contributed by atoms with E-state index in [0.29, 0.717) is 29.6 Å². The van der Waals surface area contributed by atoms with Gasteiger partial charge in [-0.3, -0.25) is 0 Å². The maximum Gasteiger partial charge on any atom is 0.123 e. The molecular formula is C23H38O3. The number of hydrogen-bond acceptors (Lipinski definition) is 3. The fourth-order valence-corrected chi connectivity index (χ4v) is 8.55. The predicted octanol–water partition coefficient (Wildman–Crippen LogP) is 4.20. The Kier molecular flexibility index (Phi) is 4.40. The third-order valence-electron chi connectivity index (χ3n) is 9.80. The Labute approximate surface area is 158 Å². The fraction of sp³-hybridized carbons (Fsp3) is 0.957. The molecule has 0 radical (unpaired) electrons. The minimum atomic E-state index is -0.525. The van der Waals surface area contributed by atoms with Crippen molar-refractivity contribution in [2.24, 2.45) is 46.3 Å². The molecule has 0 aliphatic heterocycles. The third-order valence-corrected chi connectivity index (χ3v) is 9.80. The van der Waals surface area contributed by atoms with Gasteiger partial charge < -0.3 is 15.0 Å². The first kappa shape index (κ1) is 18.9. The Hall–Kier alpha value is -0.410. The second-order valence-electron chi connectivity index (χ2n) is 11.2. The molecule has 0 heterocycles. The second kappa shape index (κ2) is 6.04. The van der Waals surface area contributed by atoms with Crippen molar-refractivity contribution in [1.29, 1.82) is 0 Å². The number of fused-ring (bicyclic) bond motifs is 5. The molecule has 0 aromatic carbocycles. The standard InChI is InChI=1S/C23H38O3/c1-14(13-24)17-7-8-18-16-6-5-15-11-21(2,26)9-10-22(15,3)20(16)19(25)12-23(17,18)4/h13-20,25-26H,5-12H2,1-4H3/t14-,15+,16+,17-,18+,19+,20-,21+,22+,23-/m1/s1. The minimum absolute atomic E-state index is 0.102. The molecule has 3 heteroatoms. The topological polar surface area (TPSA) is 57.5 Å². The number of carbonyl (C=O) groups is 1. The minimum Gasteiger partial charge on any atom is -0.393 e. The van der Waals surface area contributed by atoms with E-state index >= 15 is 0 Å². The number of aldehydes is 1. The van der Waals surface area contributed by atoms with E-state index in [-0.39, 0.29) is 22.9 Å². The third kappa shape index (κ3) is 2.56. The highest BCUT2D eigenvalue weighted by molar-refractivity contribution is 5.53. The molecule has 4 aliphatic rings. The van der Waals surface area contributed by atoms with Crippen LogP contribution in [-0.4, -0.2) is 28.2 Å². The van der Waals surface area contributed by atoms with Crippen LogP contribution >= 0.6 is 0 Å². The van der Waals surface area contributed by atoms with Gasteiger partial charge in [0.25, 0.3) is 0 Å². The first-order valence-corrected chi connectivity index (χ1v) is 11.0. The van der Waals surface area contributed by atoms with Crippen LogP contribution in [-0.2, 0) is 4.79 Å². The summed E-state index contributed by atoms with van der Waals surface area (Å²) >= 11 is 0. The lowest BCUT2D eigenvalue weighted by Crippen LogP contribution is -2.60. The van der Waals surface area contributed by atoms with Crippen LogP contribution in [0.15, 0.2) is 0 Å². The molecule has 4 saturated carbocycles. The fourth-order valence-electron chi connectivity index (χ4n) is 8.55. The summed E-state index contributed by atoms with van der Waals surface area (Å²) in [7, 11) is 0. The van der Waals surface area contributed by atoms with Crippen molar-refractivity contribution < 1.29 is 15.0 Å². The van der Waals surface area contributed by atoms with Gasteiger partial charge in [-0.25, -0.2) is 0 Å². The first-order valence-electron chi connectivity index (χ1n) is 11.0. The highest BCUT2D eigenvalue weighted by Gasteiger charge is 2.63. The van der Waals surface area contributed by atoms with E-state index in [1.54, 1.807) is 0 Å². The van der Waals surface area contributed by atoms with Crippen molar-refractivity contribution in [1.82, 2.24) is 0 Å². The quantitative estimate of drug-likeness (QED) is 0.724. The van der Waals surface area contributed by atoms with E-state index in [2.05, 4.69) is 20.8 Å². The van der Waals surface area contributed by atoms with Crippen molar-refractivity contribution in [3.63, 3.8) is 0 Å². The molecule has 2 N–H and O–H groups in total. The molecule has 4 rings (SSSR count). The molecule has 26 heavy (non-hydrogen) atoms. The van der Waals surface area contributed by atoms with Gasteiger partial charge in [0.1, 0.15) is 6.29 Å². The van der Waals surface area contributed by atoms with Crippen molar-refractivity contribution >= 4 is 6.29 Å². The van der Waals surface area contributed by atoms with E-state index in [4.69, 9.17) is 0 Å². The predicted molar refractivity (Wildman–Crippen MR) is 102 cm³/mol. The Balaban J connectivity index is 1.65. The maximum absolute atomic E-state index is 11.5. The Morgan fingerprint density at radius 1 is 1.00 bits per heavy atom. The average Bonchev–Trinajstić information content (AvgIpc) is 2.91. The SMILES string of the molecule is C[C@H](C=O)[C@H]1CC[C@H]2[C@@H]3CC[C@H]4C[C@@](C)(O)CC[C@]4(C)[C@H]3[C@@H](O)C[C@]12C. The number of aliphatic hydroxyl groups is 2. The van der Waals surface area contributed by atoms with Gasteiger partial charge in [-0.15, -0.1) is 0 Å². The van der Waals surface area contributed by atoms with Gasteiger partial charge in [-0.05, 0) is 98.7 Å². The van der Waals surface area contributed by atoms with Crippen LogP contribution in [0.25, 0.3) is 0 Å². The summed E-state index contributed by atoms with van der Waals surface area (Å²) in [4.78, 5) is 11.5. The van der Waals surface area contributed by atoms with E-state index in [9.17, 15) is 15.0 Å². The molecule has 10 atom stereocenters. The number of rotatable bonds is 2. The van der Waals surface area contributed by atoms with Crippen LogP contribution in [0.3, 0.4) is 0 Å². The Bertz CT molecular complexity index is 572.